The van der Waals surface area contributed by atoms with Crippen molar-refractivity contribution in [2.24, 2.45) is 0 Å². The molecule has 1 heterocycles. The number of nitrogens with zero attached hydrogens (tertiary/aromatic N) is 2. The SMILES string of the molecule is CCCCCCCCCCCCCCCC(=O)N(C)[C@H](CO)C(=O)N[C@H](C)C(=O)NCC(=O)N(C)[C@@H]1C(=O)N[C@@H](C)C(=O)N[C@H](C(=O)N[C@H](C)C(=O)O)Cc2ccc(O)c(c2)-c2cc1ccc2C. The molecule has 0 saturated heterocycles. The van der Waals surface area contributed by atoms with E-state index in [0.29, 0.717) is 34.2 Å². The Morgan fingerprint density at radius 3 is 1.94 bits per heavy atom. The van der Waals surface area contributed by atoms with E-state index in [9.17, 15) is 53.7 Å². The number of amides is 7. The standard InChI is InChI=1S/C50H75N7O11/c1-8-9-10-11-12-13-14-15-16-17-18-19-20-21-42(60)56(6)40(30-58)48(65)52-32(3)45(62)51-29-43(61)57(7)44-36-24-22-31(2)37(28-36)38-26-35(23-25-41(38)59)27-39(47(64)54-34(5)50(67)68)55-46(63)33(4)53-49(44)66/h22-26,28,32-34,39-40,44,58-59H,8-21,27,29-30H2,1-7H3,(H,51,62)(H,52,65)(H,53,66)(H,54,64)(H,55,63)(H,67,68)/t32-,33+,34-,39+,40-,44+/m1/s1. The van der Waals surface area contributed by atoms with Crippen LogP contribution in [0.15, 0.2) is 36.4 Å². The summed E-state index contributed by atoms with van der Waals surface area (Å²) in [6.45, 7) is 6.71. The van der Waals surface area contributed by atoms with Crippen LogP contribution in [0.5, 0.6) is 5.75 Å². The van der Waals surface area contributed by atoms with E-state index in [-0.39, 0.29) is 24.5 Å². The van der Waals surface area contributed by atoms with E-state index in [1.165, 1.54) is 104 Å². The van der Waals surface area contributed by atoms with Gasteiger partial charge in [-0.2, -0.15) is 0 Å². The maximum absolute atomic E-state index is 14.1. The van der Waals surface area contributed by atoms with Crippen molar-refractivity contribution in [2.45, 2.75) is 167 Å². The Bertz CT molecular complexity index is 2060. The van der Waals surface area contributed by atoms with Gasteiger partial charge in [0.05, 0.1) is 13.2 Å². The monoisotopic (exact) mass is 950 g/mol. The number of carbonyl (C=O) groups excluding carboxylic acids is 7. The van der Waals surface area contributed by atoms with E-state index in [2.05, 4.69) is 33.5 Å². The number of carboxylic acid groups (broad SMARTS) is 1. The first-order valence-electron chi connectivity index (χ1n) is 24.1. The quantitative estimate of drug-likeness (QED) is 0.0662. The molecule has 2 aromatic rings. The van der Waals surface area contributed by atoms with Crippen LogP contribution in [-0.4, -0.2) is 130 Å². The van der Waals surface area contributed by atoms with Crippen LogP contribution in [0.3, 0.4) is 0 Å². The topological polar surface area (TPSA) is 264 Å². The number of fused-ring (bicyclic) bond motifs is 5. The molecule has 0 spiro atoms. The van der Waals surface area contributed by atoms with Crippen molar-refractivity contribution in [1.82, 2.24) is 36.4 Å². The Labute approximate surface area is 400 Å². The zero-order valence-corrected chi connectivity index (χ0v) is 41.0. The van der Waals surface area contributed by atoms with Crippen molar-refractivity contribution in [3.8, 4) is 16.9 Å². The van der Waals surface area contributed by atoms with Crippen LogP contribution < -0.4 is 26.6 Å². The van der Waals surface area contributed by atoms with E-state index in [4.69, 9.17) is 0 Å². The van der Waals surface area contributed by atoms with Gasteiger partial charge in [-0.25, -0.2) is 0 Å². The third-order valence-electron chi connectivity index (χ3n) is 12.5. The lowest BCUT2D eigenvalue weighted by Crippen LogP contribution is -2.56. The highest BCUT2D eigenvalue weighted by Crippen LogP contribution is 2.35. The first kappa shape index (κ1) is 56.3. The van der Waals surface area contributed by atoms with Crippen LogP contribution in [0.4, 0.5) is 0 Å². The summed E-state index contributed by atoms with van der Waals surface area (Å²) in [5.41, 5.74) is 2.30. The van der Waals surface area contributed by atoms with Crippen molar-refractivity contribution in [3.63, 3.8) is 0 Å². The number of aliphatic hydroxyl groups excluding tert-OH is 1. The third-order valence-corrected chi connectivity index (χ3v) is 12.5. The summed E-state index contributed by atoms with van der Waals surface area (Å²) in [4.78, 5) is 108. The molecule has 0 unspecified atom stereocenters. The molecule has 1 aliphatic heterocycles. The number of aryl methyl sites for hydroxylation is 1. The van der Waals surface area contributed by atoms with Crippen molar-refractivity contribution < 1.29 is 53.7 Å². The zero-order chi connectivity index (χ0) is 50.5. The molecule has 0 fully saturated rings. The van der Waals surface area contributed by atoms with E-state index in [1.807, 2.05) is 0 Å². The number of rotatable bonds is 25. The summed E-state index contributed by atoms with van der Waals surface area (Å²) < 4.78 is 0. The summed E-state index contributed by atoms with van der Waals surface area (Å²) in [6.07, 6.45) is 15.2. The first-order chi connectivity index (χ1) is 32.3. The van der Waals surface area contributed by atoms with Gasteiger partial charge in [0.2, 0.25) is 41.4 Å². The minimum atomic E-state index is -1.40. The van der Waals surface area contributed by atoms with Crippen LogP contribution in [0.2, 0.25) is 0 Å². The van der Waals surface area contributed by atoms with Gasteiger partial charge in [0.1, 0.15) is 42.0 Å². The Morgan fingerprint density at radius 2 is 1.35 bits per heavy atom. The van der Waals surface area contributed by atoms with Crippen molar-refractivity contribution in [3.05, 3.63) is 53.1 Å². The maximum atomic E-state index is 14.1. The molecule has 0 aromatic heterocycles. The molecule has 7 amide bonds. The third kappa shape index (κ3) is 17.2. The summed E-state index contributed by atoms with van der Waals surface area (Å²) in [6, 6.07) is 1.84. The number of hydrogen-bond donors (Lipinski definition) is 8. The van der Waals surface area contributed by atoms with E-state index >= 15 is 0 Å². The minimum absolute atomic E-state index is 0.0945. The second kappa shape index (κ2) is 28.3. The fourth-order valence-electron chi connectivity index (χ4n) is 8.04. The molecule has 3 rings (SSSR count). The molecule has 18 heteroatoms. The van der Waals surface area contributed by atoms with Crippen molar-refractivity contribution in [2.75, 3.05) is 27.2 Å². The Morgan fingerprint density at radius 1 is 0.750 bits per heavy atom. The molecule has 8 N–H and O–H groups in total. The van der Waals surface area contributed by atoms with Crippen LogP contribution in [-0.2, 0) is 44.8 Å². The average Bonchev–Trinajstić information content (AvgIpc) is 3.30. The number of likely N-dealkylation sites (N-methyl/N-ethyl adjacent to an activating group) is 2. The van der Waals surface area contributed by atoms with Gasteiger partial charge in [-0.3, -0.25) is 38.4 Å². The van der Waals surface area contributed by atoms with Crippen molar-refractivity contribution >= 4 is 47.3 Å². The van der Waals surface area contributed by atoms with Gasteiger partial charge in [-0.05, 0) is 74.6 Å². The first-order valence-corrected chi connectivity index (χ1v) is 24.1. The van der Waals surface area contributed by atoms with Crippen LogP contribution in [0, 0.1) is 6.92 Å². The highest BCUT2D eigenvalue weighted by Gasteiger charge is 2.34. The molecule has 6 atom stereocenters. The van der Waals surface area contributed by atoms with Gasteiger partial charge >= 0.3 is 5.97 Å². The molecule has 0 radical (unpaired) electrons. The van der Waals surface area contributed by atoms with Gasteiger partial charge in [-0.15, -0.1) is 0 Å². The van der Waals surface area contributed by atoms with Gasteiger partial charge in [0.25, 0.3) is 0 Å². The number of carbonyl (C=O) groups is 8. The molecule has 18 nitrogen and oxygen atoms in total. The number of aliphatic hydroxyl groups is 1. The molecule has 376 valence electrons. The number of benzene rings is 2. The highest BCUT2D eigenvalue weighted by molar-refractivity contribution is 5.97. The number of aromatic hydroxyl groups is 1. The fraction of sp³-hybridized carbons (Fsp3) is 0.600. The lowest BCUT2D eigenvalue weighted by Gasteiger charge is -2.30. The van der Waals surface area contributed by atoms with Gasteiger partial charge < -0.3 is 51.7 Å². The van der Waals surface area contributed by atoms with E-state index < -0.39 is 90.8 Å². The van der Waals surface area contributed by atoms with Crippen molar-refractivity contribution in [1.29, 1.82) is 0 Å². The average molecular weight is 950 g/mol. The number of carboxylic acids is 1. The lowest BCUT2D eigenvalue weighted by molar-refractivity contribution is -0.142. The molecule has 0 aliphatic carbocycles. The predicted octanol–water partition coefficient (Wildman–Crippen LogP) is 3.92. The summed E-state index contributed by atoms with van der Waals surface area (Å²) in [7, 11) is 2.76. The molecular formula is C50H75N7O11. The molecular weight excluding hydrogens is 875 g/mol. The summed E-state index contributed by atoms with van der Waals surface area (Å²) in [5.74, 6) is -6.38. The Hall–Kier alpha value is -6.04. The Kier molecular flexibility index (Phi) is 23.4. The molecule has 2 aromatic carbocycles. The molecule has 68 heavy (non-hydrogen) atoms. The molecule has 1 aliphatic rings. The fourth-order valence-corrected chi connectivity index (χ4v) is 8.04. The Balaban J connectivity index is 1.65. The summed E-state index contributed by atoms with van der Waals surface area (Å²) >= 11 is 0. The number of phenolic OH excluding ortho intramolecular Hbond substituents is 1. The number of hydrogen-bond acceptors (Lipinski definition) is 10. The smallest absolute Gasteiger partial charge is 0.325 e. The van der Waals surface area contributed by atoms with Gasteiger partial charge in [0, 0.05) is 32.5 Å². The van der Waals surface area contributed by atoms with Crippen LogP contribution in [0.1, 0.15) is 140 Å². The van der Waals surface area contributed by atoms with Crippen LogP contribution in [0.25, 0.3) is 11.1 Å². The predicted molar refractivity (Wildman–Crippen MR) is 257 cm³/mol. The van der Waals surface area contributed by atoms with Crippen LogP contribution >= 0.6 is 0 Å². The molecule has 4 bridgehead atoms. The number of aliphatic carboxylic acids is 1. The van der Waals surface area contributed by atoms with E-state index in [1.54, 1.807) is 37.3 Å². The second-order valence-electron chi connectivity index (χ2n) is 18.0. The minimum Gasteiger partial charge on any atom is -0.507 e. The second-order valence-corrected chi connectivity index (χ2v) is 18.0. The zero-order valence-electron chi connectivity index (χ0n) is 41.0. The number of unbranched alkanes of at least 4 members (excludes halogenated alkanes) is 12. The summed E-state index contributed by atoms with van der Waals surface area (Å²) in [5, 5.41) is 43.0. The molecule has 0 saturated carbocycles. The highest BCUT2D eigenvalue weighted by atomic mass is 16.4. The largest absolute Gasteiger partial charge is 0.507 e. The lowest BCUT2D eigenvalue weighted by atomic mass is 9.91. The van der Waals surface area contributed by atoms with E-state index in [0.717, 1.165) is 24.2 Å². The maximum Gasteiger partial charge on any atom is 0.325 e. The number of nitrogens with one attached hydrogen (secondary N) is 5. The van der Waals surface area contributed by atoms with Gasteiger partial charge in [-0.1, -0.05) is 102 Å². The normalized spacial score (nSPS) is 17.3. The number of phenols is 1. The van der Waals surface area contributed by atoms with Gasteiger partial charge in [0.15, 0.2) is 0 Å².